The summed E-state index contributed by atoms with van der Waals surface area (Å²) in [7, 11) is 0. The number of fused-ring (bicyclic) bond motifs is 3. The van der Waals surface area contributed by atoms with E-state index in [2.05, 4.69) is 88.9 Å². The van der Waals surface area contributed by atoms with Crippen molar-refractivity contribution >= 4 is 6.08 Å². The average molecular weight is 338 g/mol. The lowest BCUT2D eigenvalue weighted by atomic mass is 9.81. The first-order chi connectivity index (χ1) is 12.4. The Bertz CT molecular complexity index is 1020. The Balaban J connectivity index is 1.78. The Kier molecular flexibility index (Phi) is 3.88. The predicted molar refractivity (Wildman–Crippen MR) is 113 cm³/mol. The topological polar surface area (TPSA) is 0 Å². The van der Waals surface area contributed by atoms with Gasteiger partial charge in [-0.2, -0.15) is 0 Å². The molecule has 0 atom stereocenters. The zero-order chi connectivity index (χ0) is 18.5. The van der Waals surface area contributed by atoms with Crippen molar-refractivity contribution in [2.24, 2.45) is 0 Å². The maximum absolute atomic E-state index is 3.93. The van der Waals surface area contributed by atoms with Crippen LogP contribution in [0.25, 0.3) is 17.2 Å². The van der Waals surface area contributed by atoms with Gasteiger partial charge in [-0.05, 0) is 64.8 Å². The van der Waals surface area contributed by atoms with E-state index in [0.29, 0.717) is 0 Å². The molecule has 1 aliphatic carbocycles. The molecule has 0 aromatic heterocycles. The van der Waals surface area contributed by atoms with Gasteiger partial charge in [0.05, 0.1) is 0 Å². The Morgan fingerprint density at radius 1 is 0.846 bits per heavy atom. The normalized spacial score (nSPS) is 14.0. The van der Waals surface area contributed by atoms with Crippen molar-refractivity contribution in [3.63, 3.8) is 0 Å². The van der Waals surface area contributed by atoms with E-state index in [9.17, 15) is 0 Å². The number of benzene rings is 3. The van der Waals surface area contributed by atoms with Crippen molar-refractivity contribution in [1.82, 2.24) is 0 Å². The van der Waals surface area contributed by atoms with E-state index in [1.165, 1.54) is 50.1 Å². The monoisotopic (exact) mass is 338 g/mol. The summed E-state index contributed by atoms with van der Waals surface area (Å²) < 4.78 is 0. The van der Waals surface area contributed by atoms with Gasteiger partial charge in [0.15, 0.2) is 0 Å². The van der Waals surface area contributed by atoms with Crippen LogP contribution in [-0.2, 0) is 11.8 Å². The van der Waals surface area contributed by atoms with E-state index < -0.39 is 0 Å². The Hall–Kier alpha value is -2.60. The second kappa shape index (κ2) is 5.99. The first-order valence-corrected chi connectivity index (χ1v) is 9.37. The van der Waals surface area contributed by atoms with Crippen LogP contribution in [0.4, 0.5) is 0 Å². The van der Waals surface area contributed by atoms with E-state index >= 15 is 0 Å². The molecule has 0 fully saturated rings. The largest absolute Gasteiger partial charge is 0.0985 e. The zero-order valence-corrected chi connectivity index (χ0v) is 16.2. The molecule has 0 N–H and O–H groups in total. The summed E-state index contributed by atoms with van der Waals surface area (Å²) >= 11 is 0. The molecule has 0 heterocycles. The molecule has 3 aromatic carbocycles. The van der Waals surface area contributed by atoms with Gasteiger partial charge in [-0.3, -0.25) is 0 Å². The Morgan fingerprint density at radius 2 is 1.54 bits per heavy atom. The predicted octanol–water partition coefficient (Wildman–Crippen LogP) is 6.84. The van der Waals surface area contributed by atoms with Crippen molar-refractivity contribution < 1.29 is 0 Å². The summed E-state index contributed by atoms with van der Waals surface area (Å²) in [4.78, 5) is 0. The lowest BCUT2D eigenvalue weighted by Crippen LogP contribution is -2.15. The molecular formula is C26H26. The molecule has 0 radical (unpaired) electrons. The third-order valence-corrected chi connectivity index (χ3v) is 5.90. The highest BCUT2D eigenvalue weighted by Gasteiger charge is 2.35. The number of hydrogen-bond acceptors (Lipinski definition) is 0. The van der Waals surface area contributed by atoms with Gasteiger partial charge in [0.2, 0.25) is 0 Å². The molecule has 4 rings (SSSR count). The summed E-state index contributed by atoms with van der Waals surface area (Å²) in [6.07, 6.45) is 2.93. The molecule has 0 saturated heterocycles. The molecule has 0 bridgehead atoms. The van der Waals surface area contributed by atoms with Crippen LogP contribution in [-0.4, -0.2) is 0 Å². The molecule has 3 aromatic rings. The maximum atomic E-state index is 3.93. The van der Waals surface area contributed by atoms with Crippen molar-refractivity contribution in [2.45, 2.75) is 39.5 Å². The summed E-state index contributed by atoms with van der Waals surface area (Å²) in [5, 5.41) is 0. The summed E-state index contributed by atoms with van der Waals surface area (Å²) in [6.45, 7) is 13.0. The Labute approximate surface area is 157 Å². The molecule has 0 saturated carbocycles. The van der Waals surface area contributed by atoms with Crippen LogP contribution < -0.4 is 0 Å². The molecule has 0 spiro atoms. The highest BCUT2D eigenvalue weighted by molar-refractivity contribution is 5.82. The van der Waals surface area contributed by atoms with Gasteiger partial charge in [-0.25, -0.2) is 0 Å². The first-order valence-electron chi connectivity index (χ1n) is 9.37. The van der Waals surface area contributed by atoms with E-state index in [-0.39, 0.29) is 5.41 Å². The van der Waals surface area contributed by atoms with Crippen LogP contribution >= 0.6 is 0 Å². The molecule has 0 nitrogen and oxygen atoms in total. The van der Waals surface area contributed by atoms with Crippen LogP contribution in [0.1, 0.15) is 52.8 Å². The molecule has 130 valence electrons. The smallest absolute Gasteiger partial charge is 0.0159 e. The summed E-state index contributed by atoms with van der Waals surface area (Å²) in [5.41, 5.74) is 12.3. The third kappa shape index (κ3) is 2.61. The van der Waals surface area contributed by atoms with Gasteiger partial charge in [0.25, 0.3) is 0 Å². The lowest BCUT2D eigenvalue weighted by Gasteiger charge is -2.22. The highest BCUT2D eigenvalue weighted by atomic mass is 14.4. The van der Waals surface area contributed by atoms with Gasteiger partial charge in [0.1, 0.15) is 0 Å². The third-order valence-electron chi connectivity index (χ3n) is 5.90. The van der Waals surface area contributed by atoms with Gasteiger partial charge < -0.3 is 0 Å². The van der Waals surface area contributed by atoms with Crippen LogP contribution in [0.2, 0.25) is 0 Å². The van der Waals surface area contributed by atoms with Crippen LogP contribution in [0.3, 0.4) is 0 Å². The van der Waals surface area contributed by atoms with Crippen molar-refractivity contribution in [1.29, 1.82) is 0 Å². The van der Waals surface area contributed by atoms with Crippen molar-refractivity contribution in [3.05, 3.63) is 100 Å². The molecule has 26 heavy (non-hydrogen) atoms. The maximum Gasteiger partial charge on any atom is 0.0159 e. The molecule has 0 unspecified atom stereocenters. The molecule has 0 amide bonds. The molecule has 0 aliphatic heterocycles. The number of aryl methyl sites for hydroxylation is 2. The van der Waals surface area contributed by atoms with E-state index in [1.54, 1.807) is 0 Å². The fourth-order valence-corrected chi connectivity index (χ4v) is 4.25. The van der Waals surface area contributed by atoms with Gasteiger partial charge in [-0.15, -0.1) is 0 Å². The Morgan fingerprint density at radius 3 is 2.27 bits per heavy atom. The van der Waals surface area contributed by atoms with E-state index in [0.717, 1.165) is 6.42 Å². The van der Waals surface area contributed by atoms with E-state index in [4.69, 9.17) is 0 Å². The average Bonchev–Trinajstić information content (AvgIpc) is 2.85. The fraction of sp³-hybridized carbons (Fsp3) is 0.231. The van der Waals surface area contributed by atoms with Gasteiger partial charge in [0, 0.05) is 5.41 Å². The van der Waals surface area contributed by atoms with E-state index in [1.807, 2.05) is 6.08 Å². The van der Waals surface area contributed by atoms with Crippen LogP contribution in [0, 0.1) is 13.8 Å². The minimum absolute atomic E-state index is 0.0291. The second-order valence-electron chi connectivity index (χ2n) is 8.12. The van der Waals surface area contributed by atoms with Crippen LogP contribution in [0.15, 0.2) is 61.2 Å². The molecule has 1 aliphatic rings. The van der Waals surface area contributed by atoms with Gasteiger partial charge >= 0.3 is 0 Å². The first kappa shape index (κ1) is 16.8. The molecule has 0 heteroatoms. The summed E-state index contributed by atoms with van der Waals surface area (Å²) in [5.74, 6) is 0. The lowest BCUT2D eigenvalue weighted by molar-refractivity contribution is 0.659. The SMILES string of the molecule is C=Cc1ccc2c(c1)C(C)(C)c1cc(Cc3cc(C)ccc3C)ccc1-2. The second-order valence-corrected chi connectivity index (χ2v) is 8.12. The molecular weight excluding hydrogens is 312 g/mol. The fourth-order valence-electron chi connectivity index (χ4n) is 4.25. The van der Waals surface area contributed by atoms with Crippen molar-refractivity contribution in [3.8, 4) is 11.1 Å². The van der Waals surface area contributed by atoms with Crippen molar-refractivity contribution in [2.75, 3.05) is 0 Å². The van der Waals surface area contributed by atoms with Gasteiger partial charge in [-0.1, -0.05) is 86.7 Å². The number of hydrogen-bond donors (Lipinski definition) is 0. The minimum atomic E-state index is 0.0291. The van der Waals surface area contributed by atoms with Crippen LogP contribution in [0.5, 0.6) is 0 Å². The minimum Gasteiger partial charge on any atom is -0.0985 e. The quantitative estimate of drug-likeness (QED) is 0.490. The standard InChI is InChI=1S/C26H26/c1-6-19-9-11-22-23-12-10-20(14-21-13-17(2)7-8-18(21)3)16-25(23)26(4,5)24(22)15-19/h6-13,15-16H,1,14H2,2-5H3. The summed E-state index contributed by atoms with van der Waals surface area (Å²) in [6, 6.07) is 20.5. The number of rotatable bonds is 3. The zero-order valence-electron chi connectivity index (χ0n) is 16.2. The highest BCUT2D eigenvalue weighted by Crippen LogP contribution is 2.49.